The van der Waals surface area contributed by atoms with E-state index in [1.165, 1.54) is 0 Å². The van der Waals surface area contributed by atoms with E-state index in [2.05, 4.69) is 10.3 Å². The number of aromatic amines is 1. The van der Waals surface area contributed by atoms with Crippen LogP contribution in [-0.2, 0) is 25.5 Å². The summed E-state index contributed by atoms with van der Waals surface area (Å²) in [6, 6.07) is 6.99. The number of carbonyl (C=O) groups excluding carboxylic acids is 2. The molecule has 27 heavy (non-hydrogen) atoms. The predicted molar refractivity (Wildman–Crippen MR) is 97.9 cm³/mol. The van der Waals surface area contributed by atoms with E-state index in [1.807, 2.05) is 30.5 Å². The van der Waals surface area contributed by atoms with Gasteiger partial charge in [-0.1, -0.05) is 18.2 Å². The van der Waals surface area contributed by atoms with Crippen molar-refractivity contribution in [3.05, 3.63) is 36.0 Å². The van der Waals surface area contributed by atoms with Gasteiger partial charge in [0.2, 0.25) is 11.8 Å². The van der Waals surface area contributed by atoms with Gasteiger partial charge >= 0.3 is 0 Å². The Labute approximate surface area is 157 Å². The fourth-order valence-electron chi connectivity index (χ4n) is 4.51. The highest BCUT2D eigenvalue weighted by molar-refractivity contribution is 5.97. The number of H-pyrrole nitrogens is 1. The van der Waals surface area contributed by atoms with Crippen LogP contribution in [0.4, 0.5) is 0 Å². The maximum atomic E-state index is 13.2. The molecule has 3 saturated heterocycles. The van der Waals surface area contributed by atoms with Gasteiger partial charge in [0.05, 0.1) is 19.8 Å². The first kappa shape index (κ1) is 16.8. The Balaban J connectivity index is 1.39. The zero-order valence-electron chi connectivity index (χ0n) is 15.1. The van der Waals surface area contributed by atoms with Gasteiger partial charge in [0.25, 0.3) is 0 Å². The summed E-state index contributed by atoms with van der Waals surface area (Å²) in [5, 5.41) is 4.01. The summed E-state index contributed by atoms with van der Waals surface area (Å²) in [5.41, 5.74) is 2.06. The molecule has 3 fully saturated rings. The standard InChI is InChI=1S/C20H23N3O4/c24-18-17-6-7-20(26-8-3-9-27-20)12-23(17)19(25)16(22-18)10-13-11-21-15-5-2-1-4-14(13)15/h1-2,4-5,11,16-17,21H,3,6-10,12H2,(H,22,24)/t16-,17-/m0/s1. The summed E-state index contributed by atoms with van der Waals surface area (Å²) in [6.07, 6.45) is 4.45. The number of piperazine rings is 1. The topological polar surface area (TPSA) is 83.7 Å². The maximum Gasteiger partial charge on any atom is 0.246 e. The number of fused-ring (bicyclic) bond motifs is 2. The number of nitrogens with one attached hydrogen (secondary N) is 2. The molecule has 0 aliphatic carbocycles. The molecule has 1 aromatic carbocycles. The molecule has 0 radical (unpaired) electrons. The molecule has 0 bridgehead atoms. The van der Waals surface area contributed by atoms with Gasteiger partial charge in [-0.3, -0.25) is 9.59 Å². The van der Waals surface area contributed by atoms with Crippen molar-refractivity contribution in [3.8, 4) is 0 Å². The van der Waals surface area contributed by atoms with E-state index >= 15 is 0 Å². The minimum absolute atomic E-state index is 0.0540. The summed E-state index contributed by atoms with van der Waals surface area (Å²) < 4.78 is 11.8. The van der Waals surface area contributed by atoms with Gasteiger partial charge < -0.3 is 24.7 Å². The minimum Gasteiger partial charge on any atom is -0.361 e. The second kappa shape index (κ2) is 6.35. The van der Waals surface area contributed by atoms with Gasteiger partial charge in [-0.05, 0) is 24.5 Å². The number of hydrogen-bond donors (Lipinski definition) is 2. The lowest BCUT2D eigenvalue weighted by molar-refractivity contribution is -0.288. The Bertz CT molecular complexity index is 886. The fourth-order valence-corrected chi connectivity index (χ4v) is 4.51. The third kappa shape index (κ3) is 2.82. The summed E-state index contributed by atoms with van der Waals surface area (Å²) in [5.74, 6) is -0.875. The van der Waals surface area contributed by atoms with Crippen molar-refractivity contribution in [1.82, 2.24) is 15.2 Å². The predicted octanol–water partition coefficient (Wildman–Crippen LogP) is 1.33. The molecule has 2 N–H and O–H groups in total. The number of rotatable bonds is 2. The van der Waals surface area contributed by atoms with Crippen molar-refractivity contribution in [3.63, 3.8) is 0 Å². The Morgan fingerprint density at radius 3 is 2.85 bits per heavy atom. The molecule has 2 aromatic rings. The summed E-state index contributed by atoms with van der Waals surface area (Å²) in [4.78, 5) is 30.7. The largest absolute Gasteiger partial charge is 0.361 e. The zero-order valence-corrected chi connectivity index (χ0v) is 15.1. The highest BCUT2D eigenvalue weighted by Crippen LogP contribution is 2.34. The van der Waals surface area contributed by atoms with E-state index < -0.39 is 17.9 Å². The Kier molecular flexibility index (Phi) is 3.94. The van der Waals surface area contributed by atoms with Gasteiger partial charge in [-0.2, -0.15) is 0 Å². The minimum atomic E-state index is -0.743. The Morgan fingerprint density at radius 1 is 1.19 bits per heavy atom. The van der Waals surface area contributed by atoms with Crippen molar-refractivity contribution in [2.24, 2.45) is 0 Å². The number of piperidine rings is 1. The highest BCUT2D eigenvalue weighted by Gasteiger charge is 2.50. The van der Waals surface area contributed by atoms with Crippen LogP contribution in [0.2, 0.25) is 0 Å². The lowest BCUT2D eigenvalue weighted by Crippen LogP contribution is -2.69. The lowest BCUT2D eigenvalue weighted by Gasteiger charge is -2.49. The number of ether oxygens (including phenoxy) is 2. The maximum absolute atomic E-state index is 13.2. The molecule has 0 unspecified atom stereocenters. The molecule has 142 valence electrons. The Hall–Kier alpha value is -2.38. The third-order valence-corrected chi connectivity index (χ3v) is 5.90. The smallest absolute Gasteiger partial charge is 0.246 e. The van der Waals surface area contributed by atoms with Crippen molar-refractivity contribution in [1.29, 1.82) is 0 Å². The van der Waals surface area contributed by atoms with Crippen molar-refractivity contribution >= 4 is 22.7 Å². The van der Waals surface area contributed by atoms with Crippen molar-refractivity contribution in [2.45, 2.75) is 43.6 Å². The summed E-state index contributed by atoms with van der Waals surface area (Å²) >= 11 is 0. The molecule has 3 aliphatic heterocycles. The van der Waals surface area contributed by atoms with Crippen LogP contribution < -0.4 is 5.32 Å². The van der Waals surface area contributed by atoms with E-state index in [1.54, 1.807) is 4.90 Å². The van der Waals surface area contributed by atoms with Gasteiger partial charge in [-0.15, -0.1) is 0 Å². The van der Waals surface area contributed by atoms with Crippen LogP contribution in [0.3, 0.4) is 0 Å². The van der Waals surface area contributed by atoms with Gasteiger partial charge in [0.1, 0.15) is 12.1 Å². The number of nitrogens with zero attached hydrogens (tertiary/aromatic N) is 1. The number of hydrogen-bond acceptors (Lipinski definition) is 4. The van der Waals surface area contributed by atoms with Crippen LogP contribution in [-0.4, -0.2) is 59.3 Å². The lowest BCUT2D eigenvalue weighted by atomic mass is 9.91. The number of carbonyl (C=O) groups is 2. The molecule has 1 aromatic heterocycles. The van der Waals surface area contributed by atoms with Crippen LogP contribution in [0.1, 0.15) is 24.8 Å². The first-order chi connectivity index (χ1) is 13.2. The first-order valence-corrected chi connectivity index (χ1v) is 9.59. The molecule has 3 aliphatic rings. The van der Waals surface area contributed by atoms with E-state index in [0.717, 1.165) is 22.9 Å². The fraction of sp³-hybridized carbons (Fsp3) is 0.500. The molecule has 5 rings (SSSR count). The zero-order chi connectivity index (χ0) is 18.4. The summed E-state index contributed by atoms with van der Waals surface area (Å²) in [7, 11) is 0. The van der Waals surface area contributed by atoms with Crippen LogP contribution in [0.5, 0.6) is 0 Å². The van der Waals surface area contributed by atoms with Gasteiger partial charge in [0.15, 0.2) is 5.79 Å². The molecule has 4 heterocycles. The van der Waals surface area contributed by atoms with E-state index in [9.17, 15) is 9.59 Å². The number of para-hydroxylation sites is 1. The summed E-state index contributed by atoms with van der Waals surface area (Å²) in [6.45, 7) is 1.60. The van der Waals surface area contributed by atoms with E-state index in [4.69, 9.17) is 9.47 Å². The van der Waals surface area contributed by atoms with E-state index in [-0.39, 0.29) is 11.8 Å². The van der Waals surface area contributed by atoms with Gasteiger partial charge in [0, 0.05) is 29.9 Å². The normalized spacial score (nSPS) is 27.6. The Morgan fingerprint density at radius 2 is 2.00 bits per heavy atom. The molecule has 1 spiro atoms. The van der Waals surface area contributed by atoms with E-state index in [0.29, 0.717) is 39.0 Å². The SMILES string of the molecule is O=C1N[C@@H](Cc2c[nH]c3ccccc23)C(=O)N2CC3(CC[C@@H]12)OCCCO3. The molecular formula is C20H23N3O4. The van der Waals surface area contributed by atoms with Crippen LogP contribution in [0.15, 0.2) is 30.5 Å². The highest BCUT2D eigenvalue weighted by atomic mass is 16.7. The van der Waals surface area contributed by atoms with Crippen LogP contribution >= 0.6 is 0 Å². The number of amides is 2. The first-order valence-electron chi connectivity index (χ1n) is 9.59. The molecule has 2 amide bonds. The van der Waals surface area contributed by atoms with Crippen LogP contribution in [0.25, 0.3) is 10.9 Å². The average molecular weight is 369 g/mol. The van der Waals surface area contributed by atoms with Crippen molar-refractivity contribution in [2.75, 3.05) is 19.8 Å². The molecule has 7 nitrogen and oxygen atoms in total. The monoisotopic (exact) mass is 369 g/mol. The second-order valence-corrected chi connectivity index (χ2v) is 7.61. The molecule has 7 heteroatoms. The second-order valence-electron chi connectivity index (χ2n) is 7.61. The van der Waals surface area contributed by atoms with Crippen LogP contribution in [0, 0.1) is 0 Å². The van der Waals surface area contributed by atoms with Gasteiger partial charge in [-0.25, -0.2) is 0 Å². The molecular weight excluding hydrogens is 346 g/mol. The quantitative estimate of drug-likeness (QED) is 0.837. The molecule has 0 saturated carbocycles. The number of aromatic nitrogens is 1. The third-order valence-electron chi connectivity index (χ3n) is 5.90. The molecule has 2 atom stereocenters. The van der Waals surface area contributed by atoms with Crippen molar-refractivity contribution < 1.29 is 19.1 Å². The average Bonchev–Trinajstić information content (AvgIpc) is 3.09. The number of benzene rings is 1.